The number of unbranched alkanes of at least 4 members (excludes halogenated alkanes) is 14. The van der Waals surface area contributed by atoms with Crippen molar-refractivity contribution in [1.29, 1.82) is 0 Å². The molecule has 0 heterocycles. The molecule has 4 heteroatoms. The van der Waals surface area contributed by atoms with Crippen LogP contribution in [0.25, 0.3) is 0 Å². The molecule has 4 nitrogen and oxygen atoms in total. The molecular weight excluding hydrogens is 352 g/mol. The summed E-state index contributed by atoms with van der Waals surface area (Å²) in [5.41, 5.74) is -0.352. The molecule has 0 aromatic rings. The van der Waals surface area contributed by atoms with Crippen molar-refractivity contribution >= 4 is 11.9 Å². The highest BCUT2D eigenvalue weighted by atomic mass is 16.5. The van der Waals surface area contributed by atoms with Crippen LogP contribution in [-0.2, 0) is 14.3 Å². The van der Waals surface area contributed by atoms with Crippen molar-refractivity contribution in [2.75, 3.05) is 7.11 Å². The minimum atomic E-state index is -0.653. The average molecular weight is 401 g/mol. The van der Waals surface area contributed by atoms with Gasteiger partial charge in [-0.15, -0.1) is 0 Å². The van der Waals surface area contributed by atoms with Crippen LogP contribution in [0.5, 0.6) is 0 Å². The maximum Gasteiger partial charge on any atom is 0.310 e. The summed E-state index contributed by atoms with van der Waals surface area (Å²) in [6.45, 7) is 7.72. The fourth-order valence-electron chi connectivity index (χ4n) is 2.95. The number of ether oxygens (including phenoxy) is 1. The van der Waals surface area contributed by atoms with Gasteiger partial charge in [0.15, 0.2) is 0 Å². The van der Waals surface area contributed by atoms with Gasteiger partial charge < -0.3 is 9.84 Å². The molecular formula is C24H48O4. The van der Waals surface area contributed by atoms with Gasteiger partial charge in [0.05, 0.1) is 12.5 Å². The van der Waals surface area contributed by atoms with Crippen LogP contribution in [0, 0.1) is 5.41 Å². The Balaban J connectivity index is 0. The number of carbonyl (C=O) groups is 2. The Bertz CT molecular complexity index is 358. The van der Waals surface area contributed by atoms with E-state index in [1.165, 1.54) is 90.6 Å². The lowest BCUT2D eigenvalue weighted by atomic mass is 9.98. The summed E-state index contributed by atoms with van der Waals surface area (Å²) >= 11 is 0. The predicted molar refractivity (Wildman–Crippen MR) is 119 cm³/mol. The number of carbonyl (C=O) groups excluding carboxylic acids is 1. The molecule has 0 aliphatic rings. The van der Waals surface area contributed by atoms with E-state index in [-0.39, 0.29) is 11.4 Å². The lowest BCUT2D eigenvalue weighted by molar-refractivity contribution is -0.149. The number of esters is 1. The molecule has 0 unspecified atom stereocenters. The van der Waals surface area contributed by atoms with Gasteiger partial charge in [-0.3, -0.25) is 9.59 Å². The Morgan fingerprint density at radius 2 is 1.00 bits per heavy atom. The van der Waals surface area contributed by atoms with Crippen LogP contribution < -0.4 is 0 Å². The van der Waals surface area contributed by atoms with E-state index in [9.17, 15) is 9.59 Å². The van der Waals surface area contributed by atoms with Gasteiger partial charge in [0.2, 0.25) is 0 Å². The van der Waals surface area contributed by atoms with Crippen LogP contribution in [0.4, 0.5) is 0 Å². The molecule has 0 saturated carbocycles. The summed E-state index contributed by atoms with van der Waals surface area (Å²) in [4.78, 5) is 20.9. The Hall–Kier alpha value is -1.06. The van der Waals surface area contributed by atoms with Gasteiger partial charge in [-0.1, -0.05) is 96.8 Å². The second-order valence-corrected chi connectivity index (χ2v) is 8.84. The van der Waals surface area contributed by atoms with Crippen molar-refractivity contribution in [2.45, 2.75) is 130 Å². The zero-order chi connectivity index (χ0) is 21.7. The summed E-state index contributed by atoms with van der Waals surface area (Å²) in [6.07, 6.45) is 20.2. The van der Waals surface area contributed by atoms with Crippen molar-refractivity contribution in [3.8, 4) is 0 Å². The van der Waals surface area contributed by atoms with Crippen molar-refractivity contribution < 1.29 is 19.4 Å². The molecule has 0 aromatic carbocycles. The first-order chi connectivity index (χ1) is 13.3. The molecule has 0 atom stereocenters. The maximum absolute atomic E-state index is 10.6. The van der Waals surface area contributed by atoms with Crippen LogP contribution in [0.2, 0.25) is 0 Å². The van der Waals surface area contributed by atoms with Gasteiger partial charge >= 0.3 is 11.9 Å². The van der Waals surface area contributed by atoms with Gasteiger partial charge in [0.1, 0.15) is 0 Å². The third kappa shape index (κ3) is 24.9. The lowest BCUT2D eigenvalue weighted by Gasteiger charge is -2.13. The van der Waals surface area contributed by atoms with Crippen molar-refractivity contribution in [1.82, 2.24) is 0 Å². The number of hydrogen-bond donors (Lipinski definition) is 1. The second-order valence-electron chi connectivity index (χ2n) is 8.84. The zero-order valence-electron chi connectivity index (χ0n) is 19.5. The highest BCUT2D eigenvalue weighted by Crippen LogP contribution is 2.14. The highest BCUT2D eigenvalue weighted by Gasteiger charge is 2.21. The van der Waals surface area contributed by atoms with E-state index in [0.29, 0.717) is 6.42 Å². The van der Waals surface area contributed by atoms with E-state index in [1.807, 2.05) is 20.8 Å². The van der Waals surface area contributed by atoms with Gasteiger partial charge in [0, 0.05) is 6.42 Å². The van der Waals surface area contributed by atoms with Crippen LogP contribution in [0.1, 0.15) is 130 Å². The van der Waals surface area contributed by atoms with Crippen LogP contribution in [0.3, 0.4) is 0 Å². The molecule has 0 bridgehead atoms. The molecule has 0 radical (unpaired) electrons. The zero-order valence-corrected chi connectivity index (χ0v) is 19.5. The average Bonchev–Trinajstić information content (AvgIpc) is 2.63. The number of rotatable bonds is 16. The summed E-state index contributed by atoms with van der Waals surface area (Å²) in [5, 5.41) is 8.52. The first-order valence-electron chi connectivity index (χ1n) is 11.6. The monoisotopic (exact) mass is 400 g/mol. The van der Waals surface area contributed by atoms with Crippen molar-refractivity contribution in [3.63, 3.8) is 0 Å². The molecule has 0 amide bonds. The predicted octanol–water partition coefficient (Wildman–Crippen LogP) is 7.54. The smallest absolute Gasteiger partial charge is 0.310 e. The number of hydrogen-bond acceptors (Lipinski definition) is 3. The molecule has 0 aliphatic heterocycles. The van der Waals surface area contributed by atoms with Crippen LogP contribution in [0.15, 0.2) is 0 Å². The lowest BCUT2D eigenvalue weighted by Crippen LogP contribution is -2.21. The standard InChI is InChI=1S/C18H36O2.C6H12O2/c1-2-3-4-5-6-7-8-9-10-11-12-13-14-15-16-17-18(19)20;1-6(2,3)5(7)8-4/h2-17H2,1H3,(H,19,20);1-4H3. The third-order valence-corrected chi connectivity index (χ3v) is 4.79. The first kappa shape index (κ1) is 29.1. The Labute approximate surface area is 174 Å². The fourth-order valence-corrected chi connectivity index (χ4v) is 2.95. The van der Waals surface area contributed by atoms with E-state index in [0.717, 1.165) is 12.8 Å². The Morgan fingerprint density at radius 3 is 1.21 bits per heavy atom. The van der Waals surface area contributed by atoms with E-state index < -0.39 is 5.97 Å². The molecule has 0 aromatic heterocycles. The minimum Gasteiger partial charge on any atom is -0.481 e. The van der Waals surface area contributed by atoms with E-state index >= 15 is 0 Å². The van der Waals surface area contributed by atoms with Gasteiger partial charge in [-0.05, 0) is 27.2 Å². The maximum atomic E-state index is 10.6. The first-order valence-corrected chi connectivity index (χ1v) is 11.6. The number of carboxylic acid groups (broad SMARTS) is 1. The largest absolute Gasteiger partial charge is 0.481 e. The van der Waals surface area contributed by atoms with E-state index in [4.69, 9.17) is 5.11 Å². The van der Waals surface area contributed by atoms with Crippen molar-refractivity contribution in [3.05, 3.63) is 0 Å². The number of aliphatic carboxylic acids is 1. The SMILES string of the molecule is CCCCCCCCCCCCCCCCCC(=O)O.COC(=O)C(C)(C)C. The third-order valence-electron chi connectivity index (χ3n) is 4.79. The molecule has 0 fully saturated rings. The number of carboxylic acids is 1. The van der Waals surface area contributed by atoms with Crippen LogP contribution >= 0.6 is 0 Å². The Kier molecular flexibility index (Phi) is 21.5. The van der Waals surface area contributed by atoms with Crippen molar-refractivity contribution in [2.24, 2.45) is 5.41 Å². The molecule has 0 spiro atoms. The van der Waals surface area contributed by atoms with E-state index in [2.05, 4.69) is 11.7 Å². The highest BCUT2D eigenvalue weighted by molar-refractivity contribution is 5.75. The molecule has 28 heavy (non-hydrogen) atoms. The summed E-state index contributed by atoms with van der Waals surface area (Å²) in [6, 6.07) is 0. The quantitative estimate of drug-likeness (QED) is 0.215. The molecule has 0 rings (SSSR count). The second kappa shape index (κ2) is 20.7. The molecule has 0 aliphatic carbocycles. The summed E-state index contributed by atoms with van der Waals surface area (Å²) < 4.78 is 4.48. The Morgan fingerprint density at radius 1 is 0.679 bits per heavy atom. The van der Waals surface area contributed by atoms with Crippen LogP contribution in [-0.4, -0.2) is 24.2 Å². The van der Waals surface area contributed by atoms with Gasteiger partial charge in [0.25, 0.3) is 0 Å². The van der Waals surface area contributed by atoms with Gasteiger partial charge in [-0.2, -0.15) is 0 Å². The number of methoxy groups -OCH3 is 1. The minimum absolute atomic E-state index is 0.169. The molecule has 1 N–H and O–H groups in total. The summed E-state index contributed by atoms with van der Waals surface area (Å²) in [5.74, 6) is -0.822. The molecule has 0 saturated heterocycles. The van der Waals surface area contributed by atoms with Gasteiger partial charge in [-0.25, -0.2) is 0 Å². The normalized spacial score (nSPS) is 10.9. The summed E-state index contributed by atoms with van der Waals surface area (Å²) in [7, 11) is 1.40. The topological polar surface area (TPSA) is 63.6 Å². The molecule has 168 valence electrons. The van der Waals surface area contributed by atoms with E-state index in [1.54, 1.807) is 0 Å². The fraction of sp³-hybridized carbons (Fsp3) is 0.917.